The van der Waals surface area contributed by atoms with Gasteiger partial charge in [-0.25, -0.2) is 14.2 Å². The van der Waals surface area contributed by atoms with Gasteiger partial charge in [0.1, 0.15) is 5.82 Å². The van der Waals surface area contributed by atoms with Crippen molar-refractivity contribution in [2.75, 3.05) is 13.1 Å². The Bertz CT molecular complexity index is 963. The van der Waals surface area contributed by atoms with Crippen LogP contribution in [-0.4, -0.2) is 34.1 Å². The van der Waals surface area contributed by atoms with E-state index < -0.39 is 0 Å². The Labute approximate surface area is 162 Å². The molecule has 28 heavy (non-hydrogen) atoms. The molecule has 1 aliphatic rings. The minimum absolute atomic E-state index is 0.118. The maximum atomic E-state index is 13.4. The third kappa shape index (κ3) is 4.03. The summed E-state index contributed by atoms with van der Waals surface area (Å²) in [5.74, 6) is 1.40. The molecule has 0 radical (unpaired) electrons. The molecule has 0 unspecified atom stereocenters. The lowest BCUT2D eigenvalue weighted by atomic mass is 9.97. The van der Waals surface area contributed by atoms with Crippen molar-refractivity contribution in [3.63, 3.8) is 0 Å². The number of rotatable bonds is 3. The van der Waals surface area contributed by atoms with E-state index in [4.69, 9.17) is 9.15 Å². The van der Waals surface area contributed by atoms with E-state index in [0.29, 0.717) is 36.1 Å². The molecule has 0 saturated carbocycles. The largest absolute Gasteiger partial charge is 0.440 e. The highest BCUT2D eigenvalue weighted by atomic mass is 19.1. The quantitative estimate of drug-likeness (QED) is 0.665. The van der Waals surface area contributed by atoms with Crippen LogP contribution in [0.5, 0.6) is 5.75 Å². The van der Waals surface area contributed by atoms with E-state index in [1.54, 1.807) is 41.6 Å². The summed E-state index contributed by atoms with van der Waals surface area (Å²) in [7, 11) is 0. The van der Waals surface area contributed by atoms with Gasteiger partial charge in [0.2, 0.25) is 0 Å². The van der Waals surface area contributed by atoms with Gasteiger partial charge in [-0.05, 0) is 44.0 Å². The molecule has 0 N–H and O–H groups in total. The fraction of sp³-hybridized carbons (Fsp3) is 0.286. The average molecular weight is 381 g/mol. The first kappa shape index (κ1) is 18.2. The number of piperidine rings is 1. The number of ether oxygens (including phenoxy) is 1. The lowest BCUT2D eigenvalue weighted by Crippen LogP contribution is -2.39. The van der Waals surface area contributed by atoms with Crippen LogP contribution < -0.4 is 4.74 Å². The number of likely N-dealkylation sites (tertiary alicyclic amines) is 1. The number of aryl methyl sites for hydroxylation is 1. The summed E-state index contributed by atoms with van der Waals surface area (Å²) in [4.78, 5) is 22.5. The van der Waals surface area contributed by atoms with Gasteiger partial charge in [0.25, 0.3) is 0 Å². The van der Waals surface area contributed by atoms with Crippen LogP contribution in [0.25, 0.3) is 11.3 Å². The summed E-state index contributed by atoms with van der Waals surface area (Å²) < 4.78 is 24.6. The van der Waals surface area contributed by atoms with Gasteiger partial charge in [0.15, 0.2) is 17.4 Å². The molecule has 144 valence electrons. The molecular formula is C21H20FN3O3. The number of carbonyl (C=O) groups excluding carboxylic acids is 1. The SMILES string of the molecule is Cc1ccc(OC(=O)N2CCC(c3ncc(-c4cccc(F)c4)o3)CC2)cn1. The fourth-order valence-electron chi connectivity index (χ4n) is 3.24. The Kier molecular flexibility index (Phi) is 5.06. The molecule has 4 rings (SSSR count). The van der Waals surface area contributed by atoms with Crippen molar-refractivity contribution in [1.82, 2.24) is 14.9 Å². The number of aromatic nitrogens is 2. The number of carbonyl (C=O) groups is 1. The third-order valence-corrected chi connectivity index (χ3v) is 4.82. The van der Waals surface area contributed by atoms with Gasteiger partial charge >= 0.3 is 6.09 Å². The normalized spacial score (nSPS) is 14.9. The van der Waals surface area contributed by atoms with Gasteiger partial charge in [-0.2, -0.15) is 0 Å². The first-order valence-corrected chi connectivity index (χ1v) is 9.19. The molecule has 0 spiro atoms. The van der Waals surface area contributed by atoms with Crippen LogP contribution in [0.3, 0.4) is 0 Å². The zero-order chi connectivity index (χ0) is 19.5. The number of halogens is 1. The van der Waals surface area contributed by atoms with Gasteiger partial charge in [0.05, 0.1) is 12.4 Å². The van der Waals surface area contributed by atoms with E-state index in [1.807, 2.05) is 6.92 Å². The van der Waals surface area contributed by atoms with E-state index in [0.717, 1.165) is 18.5 Å². The molecule has 1 saturated heterocycles. The zero-order valence-electron chi connectivity index (χ0n) is 15.5. The van der Waals surface area contributed by atoms with Crippen LogP contribution >= 0.6 is 0 Å². The first-order valence-electron chi connectivity index (χ1n) is 9.19. The molecule has 1 aromatic carbocycles. The summed E-state index contributed by atoms with van der Waals surface area (Å²) in [6.45, 7) is 2.99. The van der Waals surface area contributed by atoms with Crippen molar-refractivity contribution in [1.29, 1.82) is 0 Å². The Morgan fingerprint density at radius 2 is 2.00 bits per heavy atom. The number of hydrogen-bond donors (Lipinski definition) is 0. The number of oxazole rings is 1. The second kappa shape index (κ2) is 7.80. The Hall–Kier alpha value is -3.22. The zero-order valence-corrected chi connectivity index (χ0v) is 15.5. The molecule has 3 heterocycles. The topological polar surface area (TPSA) is 68.5 Å². The number of nitrogens with zero attached hydrogens (tertiary/aromatic N) is 3. The van der Waals surface area contributed by atoms with Crippen molar-refractivity contribution in [2.24, 2.45) is 0 Å². The number of pyridine rings is 1. The lowest BCUT2D eigenvalue weighted by Gasteiger charge is -2.29. The Morgan fingerprint density at radius 3 is 2.71 bits per heavy atom. The third-order valence-electron chi connectivity index (χ3n) is 4.82. The van der Waals surface area contributed by atoms with Crippen molar-refractivity contribution < 1.29 is 18.3 Å². The van der Waals surface area contributed by atoms with Crippen molar-refractivity contribution >= 4 is 6.09 Å². The van der Waals surface area contributed by atoms with E-state index in [-0.39, 0.29) is 17.8 Å². The molecular weight excluding hydrogens is 361 g/mol. The summed E-state index contributed by atoms with van der Waals surface area (Å²) >= 11 is 0. The summed E-state index contributed by atoms with van der Waals surface area (Å²) in [5, 5.41) is 0. The van der Waals surface area contributed by atoms with Crippen molar-refractivity contribution in [3.05, 3.63) is 66.2 Å². The van der Waals surface area contributed by atoms with Crippen molar-refractivity contribution in [2.45, 2.75) is 25.7 Å². The minimum Gasteiger partial charge on any atom is -0.440 e. The summed E-state index contributed by atoms with van der Waals surface area (Å²) in [6, 6.07) is 9.76. The predicted molar refractivity (Wildman–Crippen MR) is 100 cm³/mol. The van der Waals surface area contributed by atoms with Gasteiger partial charge in [-0.3, -0.25) is 4.98 Å². The van der Waals surface area contributed by atoms with Crippen LogP contribution in [0.4, 0.5) is 9.18 Å². The van der Waals surface area contributed by atoms with Gasteiger partial charge in [0, 0.05) is 30.3 Å². The number of hydrogen-bond acceptors (Lipinski definition) is 5. The number of benzene rings is 1. The molecule has 0 atom stereocenters. The monoisotopic (exact) mass is 381 g/mol. The Morgan fingerprint density at radius 1 is 1.18 bits per heavy atom. The second-order valence-electron chi connectivity index (χ2n) is 6.84. The highest BCUT2D eigenvalue weighted by Crippen LogP contribution is 2.31. The highest BCUT2D eigenvalue weighted by molar-refractivity contribution is 5.70. The van der Waals surface area contributed by atoms with E-state index in [9.17, 15) is 9.18 Å². The Balaban J connectivity index is 1.35. The average Bonchev–Trinajstić information content (AvgIpc) is 3.20. The molecule has 1 fully saturated rings. The minimum atomic E-state index is -0.378. The first-order chi connectivity index (χ1) is 13.6. The number of amides is 1. The van der Waals surface area contributed by atoms with E-state index in [2.05, 4.69) is 9.97 Å². The summed E-state index contributed by atoms with van der Waals surface area (Å²) in [6.07, 6.45) is 4.24. The van der Waals surface area contributed by atoms with E-state index in [1.165, 1.54) is 12.1 Å². The van der Waals surface area contributed by atoms with Crippen LogP contribution in [0, 0.1) is 12.7 Å². The van der Waals surface area contributed by atoms with Gasteiger partial charge < -0.3 is 14.1 Å². The maximum absolute atomic E-state index is 13.4. The van der Waals surface area contributed by atoms with Crippen LogP contribution in [0.15, 0.2) is 53.2 Å². The molecule has 0 aliphatic carbocycles. The highest BCUT2D eigenvalue weighted by Gasteiger charge is 2.28. The van der Waals surface area contributed by atoms with Crippen molar-refractivity contribution in [3.8, 4) is 17.1 Å². The van der Waals surface area contributed by atoms with Crippen LogP contribution in [0.2, 0.25) is 0 Å². The molecule has 3 aromatic rings. The molecule has 6 nitrogen and oxygen atoms in total. The standard InChI is InChI=1S/C21H20FN3O3/c1-14-5-6-18(12-23-14)27-21(26)25-9-7-15(8-10-25)20-24-13-19(28-20)16-3-2-4-17(22)11-16/h2-6,11-13,15H,7-10H2,1H3. The molecule has 2 aromatic heterocycles. The van der Waals surface area contributed by atoms with Crippen LogP contribution in [0.1, 0.15) is 30.3 Å². The fourth-order valence-corrected chi connectivity index (χ4v) is 3.24. The molecule has 7 heteroatoms. The molecule has 1 amide bonds. The second-order valence-corrected chi connectivity index (χ2v) is 6.84. The predicted octanol–water partition coefficient (Wildman–Crippen LogP) is 4.56. The van der Waals surface area contributed by atoms with Crippen LogP contribution in [-0.2, 0) is 0 Å². The smallest absolute Gasteiger partial charge is 0.415 e. The molecule has 1 aliphatic heterocycles. The lowest BCUT2D eigenvalue weighted by molar-refractivity contribution is 0.136. The molecule has 0 bridgehead atoms. The van der Waals surface area contributed by atoms with E-state index >= 15 is 0 Å². The van der Waals surface area contributed by atoms with Gasteiger partial charge in [-0.1, -0.05) is 12.1 Å². The summed E-state index contributed by atoms with van der Waals surface area (Å²) in [5.41, 5.74) is 1.52. The van der Waals surface area contributed by atoms with Gasteiger partial charge in [-0.15, -0.1) is 0 Å². The maximum Gasteiger partial charge on any atom is 0.415 e.